The van der Waals surface area contributed by atoms with Gasteiger partial charge >= 0.3 is 0 Å². The Bertz CT molecular complexity index is 179. The molecule has 1 unspecified atom stereocenters. The number of ether oxygens (including phenoxy) is 3. The lowest BCUT2D eigenvalue weighted by Gasteiger charge is -2.22. The molecule has 0 aliphatic carbocycles. The second-order valence-electron chi connectivity index (χ2n) is 4.76. The molecule has 0 aromatic heterocycles. The van der Waals surface area contributed by atoms with Crippen molar-refractivity contribution in [3.8, 4) is 0 Å². The van der Waals surface area contributed by atoms with Crippen molar-refractivity contribution in [3.05, 3.63) is 0 Å². The van der Waals surface area contributed by atoms with Crippen LogP contribution >= 0.6 is 0 Å². The topological polar surface area (TPSA) is 43.0 Å². The van der Waals surface area contributed by atoms with E-state index in [1.165, 1.54) is 6.42 Å². The van der Waals surface area contributed by atoms with Crippen LogP contribution < -0.4 is 5.32 Å². The molecule has 1 heterocycles. The highest BCUT2D eigenvalue weighted by Gasteiger charge is 2.14. The molecule has 0 spiro atoms. The third-order valence-corrected chi connectivity index (χ3v) is 3.29. The minimum Gasteiger partial charge on any atom is -0.383 e. The van der Waals surface area contributed by atoms with Crippen LogP contribution in [0, 0.1) is 5.92 Å². The summed E-state index contributed by atoms with van der Waals surface area (Å²) in [5.74, 6) is 0.705. The Morgan fingerprint density at radius 2 is 1.89 bits per heavy atom. The standard InChI is InChI=1S/C13H28N2O3/c1-16-9-6-15(7-10-17-2)5-4-14-11-13-3-8-18-12-13/h13-14H,3-12H2,1-2H3. The molecule has 0 radical (unpaired) electrons. The molecule has 1 aliphatic heterocycles. The predicted molar refractivity (Wildman–Crippen MR) is 72.0 cm³/mol. The summed E-state index contributed by atoms with van der Waals surface area (Å²) in [7, 11) is 3.49. The van der Waals surface area contributed by atoms with Crippen molar-refractivity contribution < 1.29 is 14.2 Å². The smallest absolute Gasteiger partial charge is 0.0589 e. The molecule has 1 atom stereocenters. The molecule has 0 aromatic rings. The molecule has 1 N–H and O–H groups in total. The van der Waals surface area contributed by atoms with Crippen LogP contribution in [0.3, 0.4) is 0 Å². The van der Waals surface area contributed by atoms with Gasteiger partial charge in [0, 0.05) is 53.6 Å². The molecule has 5 nitrogen and oxygen atoms in total. The van der Waals surface area contributed by atoms with E-state index in [2.05, 4.69) is 10.2 Å². The second-order valence-corrected chi connectivity index (χ2v) is 4.76. The summed E-state index contributed by atoms with van der Waals surface area (Å²) in [4.78, 5) is 2.37. The Morgan fingerprint density at radius 1 is 1.17 bits per heavy atom. The normalized spacial score (nSPS) is 19.8. The van der Waals surface area contributed by atoms with Crippen LogP contribution in [0.4, 0.5) is 0 Å². The predicted octanol–water partition coefficient (Wildman–Crippen LogP) is 0.207. The highest BCUT2D eigenvalue weighted by Crippen LogP contribution is 2.10. The number of rotatable bonds is 11. The van der Waals surface area contributed by atoms with Crippen LogP contribution in [-0.2, 0) is 14.2 Å². The van der Waals surface area contributed by atoms with Crippen molar-refractivity contribution in [2.24, 2.45) is 5.92 Å². The van der Waals surface area contributed by atoms with E-state index in [-0.39, 0.29) is 0 Å². The fourth-order valence-electron chi connectivity index (χ4n) is 2.06. The third-order valence-electron chi connectivity index (χ3n) is 3.29. The zero-order valence-electron chi connectivity index (χ0n) is 11.8. The Labute approximate surface area is 111 Å². The number of nitrogens with zero attached hydrogens (tertiary/aromatic N) is 1. The van der Waals surface area contributed by atoms with E-state index in [9.17, 15) is 0 Å². The fourth-order valence-corrected chi connectivity index (χ4v) is 2.06. The maximum atomic E-state index is 5.36. The largest absolute Gasteiger partial charge is 0.383 e. The molecule has 5 heteroatoms. The van der Waals surface area contributed by atoms with E-state index in [4.69, 9.17) is 14.2 Å². The van der Waals surface area contributed by atoms with Crippen LogP contribution in [0.25, 0.3) is 0 Å². The summed E-state index contributed by atoms with van der Waals surface area (Å²) < 4.78 is 15.6. The first-order valence-corrected chi connectivity index (χ1v) is 6.85. The lowest BCUT2D eigenvalue weighted by molar-refractivity contribution is 0.114. The van der Waals surface area contributed by atoms with Crippen molar-refractivity contribution in [1.82, 2.24) is 10.2 Å². The monoisotopic (exact) mass is 260 g/mol. The van der Waals surface area contributed by atoms with Gasteiger partial charge in [0.2, 0.25) is 0 Å². The molecular formula is C13H28N2O3. The second kappa shape index (κ2) is 10.7. The molecule has 0 bridgehead atoms. The third kappa shape index (κ3) is 7.28. The van der Waals surface area contributed by atoms with Crippen LogP contribution in [0.1, 0.15) is 6.42 Å². The number of methoxy groups -OCH3 is 2. The van der Waals surface area contributed by atoms with Gasteiger partial charge in [0.05, 0.1) is 19.8 Å². The minimum absolute atomic E-state index is 0.705. The van der Waals surface area contributed by atoms with Crippen molar-refractivity contribution >= 4 is 0 Å². The lowest BCUT2D eigenvalue weighted by Crippen LogP contribution is -2.37. The van der Waals surface area contributed by atoms with E-state index in [0.29, 0.717) is 5.92 Å². The molecule has 0 aromatic carbocycles. The van der Waals surface area contributed by atoms with E-state index in [0.717, 1.165) is 59.2 Å². The number of hydrogen-bond acceptors (Lipinski definition) is 5. The maximum Gasteiger partial charge on any atom is 0.0589 e. The Balaban J connectivity index is 2.03. The molecule has 1 rings (SSSR count). The van der Waals surface area contributed by atoms with E-state index < -0.39 is 0 Å². The summed E-state index contributed by atoms with van der Waals surface area (Å²) in [6, 6.07) is 0. The number of nitrogens with one attached hydrogen (secondary N) is 1. The van der Waals surface area contributed by atoms with Gasteiger partial charge in [0.15, 0.2) is 0 Å². The van der Waals surface area contributed by atoms with Gasteiger partial charge < -0.3 is 19.5 Å². The van der Waals surface area contributed by atoms with E-state index in [1.807, 2.05) is 0 Å². The van der Waals surface area contributed by atoms with Gasteiger partial charge in [-0.1, -0.05) is 0 Å². The Hall–Kier alpha value is -0.200. The molecule has 1 fully saturated rings. The highest BCUT2D eigenvalue weighted by atomic mass is 16.5. The quantitative estimate of drug-likeness (QED) is 0.538. The highest BCUT2D eigenvalue weighted by molar-refractivity contribution is 4.67. The van der Waals surface area contributed by atoms with Gasteiger partial charge in [-0.05, 0) is 12.3 Å². The molecule has 0 saturated carbocycles. The van der Waals surface area contributed by atoms with Crippen LogP contribution in [-0.4, -0.2) is 78.3 Å². The Morgan fingerprint density at radius 3 is 2.44 bits per heavy atom. The van der Waals surface area contributed by atoms with Gasteiger partial charge in [0.1, 0.15) is 0 Å². The van der Waals surface area contributed by atoms with E-state index >= 15 is 0 Å². The van der Waals surface area contributed by atoms with Gasteiger partial charge in [0.25, 0.3) is 0 Å². The first-order valence-electron chi connectivity index (χ1n) is 6.85. The minimum atomic E-state index is 0.705. The first kappa shape index (κ1) is 15.9. The average molecular weight is 260 g/mol. The van der Waals surface area contributed by atoms with Gasteiger partial charge in [-0.15, -0.1) is 0 Å². The van der Waals surface area contributed by atoms with E-state index in [1.54, 1.807) is 14.2 Å². The molecule has 108 valence electrons. The van der Waals surface area contributed by atoms with Crippen molar-refractivity contribution in [3.63, 3.8) is 0 Å². The number of hydrogen-bond donors (Lipinski definition) is 1. The summed E-state index contributed by atoms with van der Waals surface area (Å²) in [6.07, 6.45) is 1.20. The lowest BCUT2D eigenvalue weighted by atomic mass is 10.1. The van der Waals surface area contributed by atoms with Gasteiger partial charge in [-0.2, -0.15) is 0 Å². The van der Waals surface area contributed by atoms with Crippen LogP contribution in [0.15, 0.2) is 0 Å². The average Bonchev–Trinajstić information content (AvgIpc) is 2.90. The fraction of sp³-hybridized carbons (Fsp3) is 1.00. The first-order chi connectivity index (χ1) is 8.86. The van der Waals surface area contributed by atoms with Crippen molar-refractivity contribution in [1.29, 1.82) is 0 Å². The molecular weight excluding hydrogens is 232 g/mol. The molecule has 18 heavy (non-hydrogen) atoms. The molecule has 1 saturated heterocycles. The summed E-state index contributed by atoms with van der Waals surface area (Å²) >= 11 is 0. The van der Waals surface area contributed by atoms with Crippen LogP contribution in [0.2, 0.25) is 0 Å². The zero-order chi connectivity index (χ0) is 13.1. The molecule has 1 aliphatic rings. The van der Waals surface area contributed by atoms with Gasteiger partial charge in [-0.3, -0.25) is 4.90 Å². The van der Waals surface area contributed by atoms with Crippen molar-refractivity contribution in [2.45, 2.75) is 6.42 Å². The summed E-state index contributed by atoms with van der Waals surface area (Å²) in [5, 5.41) is 3.51. The SMILES string of the molecule is COCCN(CCNCC1CCOC1)CCOC. The maximum absolute atomic E-state index is 5.36. The van der Waals surface area contributed by atoms with Crippen LogP contribution in [0.5, 0.6) is 0 Å². The summed E-state index contributed by atoms with van der Waals surface area (Å²) in [6.45, 7) is 8.47. The van der Waals surface area contributed by atoms with Crippen molar-refractivity contribution in [2.75, 3.05) is 73.4 Å². The van der Waals surface area contributed by atoms with Gasteiger partial charge in [-0.25, -0.2) is 0 Å². The zero-order valence-corrected chi connectivity index (χ0v) is 11.8. The Kier molecular flexibility index (Phi) is 9.42. The summed E-state index contributed by atoms with van der Waals surface area (Å²) in [5.41, 5.74) is 0. The molecule has 0 amide bonds.